The molecule has 1 aliphatic rings. The summed E-state index contributed by atoms with van der Waals surface area (Å²) in [5.41, 5.74) is 0. The fraction of sp³-hybridized carbons (Fsp3) is 1.00. The molecule has 0 unspecified atom stereocenters. The van der Waals surface area contributed by atoms with E-state index < -0.39 is 12.2 Å². The number of unbranched alkanes of at least 4 members (excludes halogenated alkanes) is 1. The lowest BCUT2D eigenvalue weighted by atomic mass is 10.1. The first-order valence-corrected chi connectivity index (χ1v) is 4.91. The second-order valence-corrected chi connectivity index (χ2v) is 3.66. The van der Waals surface area contributed by atoms with E-state index in [2.05, 4.69) is 6.92 Å². The van der Waals surface area contributed by atoms with Gasteiger partial charge in [0.15, 0.2) is 0 Å². The van der Waals surface area contributed by atoms with Crippen LogP contribution in [0.1, 0.15) is 19.8 Å². The molecule has 1 rings (SSSR count). The maximum atomic E-state index is 9.48. The SMILES string of the molecule is CCCCN1C[C@@H](O)[C@H](O)[C@@H]1CO.Cl. The molecule has 0 saturated carbocycles. The fourth-order valence-corrected chi connectivity index (χ4v) is 1.80. The van der Waals surface area contributed by atoms with Gasteiger partial charge in [-0.3, -0.25) is 4.90 Å². The average molecular weight is 226 g/mol. The lowest BCUT2D eigenvalue weighted by Crippen LogP contribution is -2.39. The number of hydrogen-bond donors (Lipinski definition) is 3. The van der Waals surface area contributed by atoms with Crippen molar-refractivity contribution in [2.75, 3.05) is 19.7 Å². The van der Waals surface area contributed by atoms with Gasteiger partial charge in [0.25, 0.3) is 0 Å². The largest absolute Gasteiger partial charge is 0.395 e. The van der Waals surface area contributed by atoms with E-state index in [9.17, 15) is 10.2 Å². The van der Waals surface area contributed by atoms with Gasteiger partial charge in [-0.15, -0.1) is 12.4 Å². The van der Waals surface area contributed by atoms with Crippen LogP contribution in [0.5, 0.6) is 0 Å². The summed E-state index contributed by atoms with van der Waals surface area (Å²) in [5, 5.41) is 27.9. The molecule has 1 aliphatic heterocycles. The molecule has 0 amide bonds. The van der Waals surface area contributed by atoms with Crippen LogP contribution in [-0.4, -0.2) is 58.2 Å². The summed E-state index contributed by atoms with van der Waals surface area (Å²) in [6.07, 6.45) is 0.632. The number of aliphatic hydroxyl groups excluding tert-OH is 3. The summed E-state index contributed by atoms with van der Waals surface area (Å²) in [5.74, 6) is 0. The van der Waals surface area contributed by atoms with E-state index in [1.807, 2.05) is 4.90 Å². The molecular weight excluding hydrogens is 206 g/mol. The smallest absolute Gasteiger partial charge is 0.0988 e. The Hall–Kier alpha value is 0.130. The van der Waals surface area contributed by atoms with E-state index in [0.29, 0.717) is 6.54 Å². The highest BCUT2D eigenvalue weighted by Crippen LogP contribution is 2.18. The van der Waals surface area contributed by atoms with E-state index in [4.69, 9.17) is 5.11 Å². The molecule has 0 aromatic carbocycles. The second-order valence-electron chi connectivity index (χ2n) is 3.66. The topological polar surface area (TPSA) is 63.9 Å². The van der Waals surface area contributed by atoms with Crippen LogP contribution in [-0.2, 0) is 0 Å². The maximum Gasteiger partial charge on any atom is 0.0988 e. The van der Waals surface area contributed by atoms with Gasteiger partial charge in [0.2, 0.25) is 0 Å². The molecule has 1 saturated heterocycles. The van der Waals surface area contributed by atoms with Crippen molar-refractivity contribution < 1.29 is 15.3 Å². The second kappa shape index (κ2) is 6.58. The van der Waals surface area contributed by atoms with Crippen LogP contribution in [0.25, 0.3) is 0 Å². The molecule has 14 heavy (non-hydrogen) atoms. The Bertz CT molecular complexity index is 159. The van der Waals surface area contributed by atoms with E-state index in [0.717, 1.165) is 19.4 Å². The number of β-amino-alcohol motifs (C(OH)–C–C–N with tert-alkyl or cyclic N) is 1. The highest BCUT2D eigenvalue weighted by Gasteiger charge is 2.38. The number of hydrogen-bond acceptors (Lipinski definition) is 4. The summed E-state index contributed by atoms with van der Waals surface area (Å²) in [6.45, 7) is 3.33. The van der Waals surface area contributed by atoms with Gasteiger partial charge in [-0.2, -0.15) is 0 Å². The summed E-state index contributed by atoms with van der Waals surface area (Å²) in [4.78, 5) is 1.96. The minimum Gasteiger partial charge on any atom is -0.395 e. The summed E-state index contributed by atoms with van der Waals surface area (Å²) >= 11 is 0. The first-order chi connectivity index (χ1) is 6.20. The van der Waals surface area contributed by atoms with Gasteiger partial charge in [-0.1, -0.05) is 13.3 Å². The Morgan fingerprint density at radius 3 is 2.50 bits per heavy atom. The number of halogens is 1. The van der Waals surface area contributed by atoms with Crippen LogP contribution in [0.15, 0.2) is 0 Å². The monoisotopic (exact) mass is 225 g/mol. The Balaban J connectivity index is 0.00000169. The number of nitrogens with zero attached hydrogens (tertiary/aromatic N) is 1. The molecule has 5 heteroatoms. The predicted octanol–water partition coefficient (Wildman–Crippen LogP) is -0.393. The van der Waals surface area contributed by atoms with Gasteiger partial charge in [-0.25, -0.2) is 0 Å². The maximum absolute atomic E-state index is 9.48. The van der Waals surface area contributed by atoms with Crippen molar-refractivity contribution in [3.8, 4) is 0 Å². The Kier molecular flexibility index (Phi) is 6.64. The standard InChI is InChI=1S/C9H19NO3.ClH/c1-2-3-4-10-5-8(12)9(13)7(10)6-11;/h7-9,11-13H,2-6H2,1H3;1H/t7-,8+,9+;/m0./s1. The molecule has 1 fully saturated rings. The van der Waals surface area contributed by atoms with Gasteiger partial charge >= 0.3 is 0 Å². The Morgan fingerprint density at radius 2 is 2.00 bits per heavy atom. The van der Waals surface area contributed by atoms with Crippen LogP contribution < -0.4 is 0 Å². The molecule has 86 valence electrons. The number of aliphatic hydroxyl groups is 3. The first-order valence-electron chi connectivity index (χ1n) is 4.91. The first kappa shape index (κ1) is 14.1. The predicted molar refractivity (Wildman–Crippen MR) is 56.6 cm³/mol. The molecular formula is C9H20ClNO3. The highest BCUT2D eigenvalue weighted by atomic mass is 35.5. The van der Waals surface area contributed by atoms with E-state index in [1.54, 1.807) is 0 Å². The van der Waals surface area contributed by atoms with Crippen LogP contribution >= 0.6 is 12.4 Å². The van der Waals surface area contributed by atoms with Crippen molar-refractivity contribution in [2.45, 2.75) is 38.0 Å². The molecule has 4 nitrogen and oxygen atoms in total. The number of likely N-dealkylation sites (tertiary alicyclic amines) is 1. The van der Waals surface area contributed by atoms with Crippen LogP contribution in [0.2, 0.25) is 0 Å². The Morgan fingerprint density at radius 1 is 1.36 bits per heavy atom. The van der Waals surface area contributed by atoms with Crippen LogP contribution in [0, 0.1) is 0 Å². The molecule has 0 bridgehead atoms. The van der Waals surface area contributed by atoms with Crippen molar-refractivity contribution in [3.63, 3.8) is 0 Å². The lowest BCUT2D eigenvalue weighted by Gasteiger charge is -2.23. The third-order valence-corrected chi connectivity index (χ3v) is 2.66. The van der Waals surface area contributed by atoms with E-state index in [1.165, 1.54) is 0 Å². The number of rotatable bonds is 4. The minimum atomic E-state index is -0.790. The van der Waals surface area contributed by atoms with Gasteiger partial charge in [-0.05, 0) is 13.0 Å². The fourth-order valence-electron chi connectivity index (χ4n) is 1.80. The zero-order valence-electron chi connectivity index (χ0n) is 8.46. The van der Waals surface area contributed by atoms with Crippen molar-refractivity contribution in [2.24, 2.45) is 0 Å². The third-order valence-electron chi connectivity index (χ3n) is 2.66. The van der Waals surface area contributed by atoms with Gasteiger partial charge in [0, 0.05) is 6.54 Å². The molecule has 3 N–H and O–H groups in total. The van der Waals surface area contributed by atoms with E-state index >= 15 is 0 Å². The van der Waals surface area contributed by atoms with Crippen molar-refractivity contribution in [1.29, 1.82) is 0 Å². The zero-order valence-corrected chi connectivity index (χ0v) is 9.28. The molecule has 0 spiro atoms. The normalized spacial score (nSPS) is 33.0. The highest BCUT2D eigenvalue weighted by molar-refractivity contribution is 5.85. The summed E-state index contributed by atoms with van der Waals surface area (Å²) in [6, 6.07) is -0.276. The van der Waals surface area contributed by atoms with Crippen molar-refractivity contribution >= 4 is 12.4 Å². The van der Waals surface area contributed by atoms with Crippen LogP contribution in [0.3, 0.4) is 0 Å². The molecule has 0 aromatic heterocycles. The molecule has 0 aromatic rings. The third kappa shape index (κ3) is 3.07. The summed E-state index contributed by atoms with van der Waals surface area (Å²) < 4.78 is 0. The molecule has 0 aliphatic carbocycles. The molecule has 3 atom stereocenters. The molecule has 0 radical (unpaired) electrons. The van der Waals surface area contributed by atoms with Crippen LogP contribution in [0.4, 0.5) is 0 Å². The van der Waals surface area contributed by atoms with Gasteiger partial charge in [0.05, 0.1) is 24.9 Å². The lowest BCUT2D eigenvalue weighted by molar-refractivity contribution is 0.0216. The van der Waals surface area contributed by atoms with Crippen molar-refractivity contribution in [1.82, 2.24) is 4.90 Å². The molecule has 1 heterocycles. The van der Waals surface area contributed by atoms with Gasteiger partial charge < -0.3 is 15.3 Å². The quantitative estimate of drug-likeness (QED) is 0.610. The van der Waals surface area contributed by atoms with E-state index in [-0.39, 0.29) is 25.1 Å². The summed E-state index contributed by atoms with van der Waals surface area (Å²) in [7, 11) is 0. The Labute approximate surface area is 90.9 Å². The average Bonchev–Trinajstić information content (AvgIpc) is 2.39. The van der Waals surface area contributed by atoms with Crippen molar-refractivity contribution in [3.05, 3.63) is 0 Å². The zero-order chi connectivity index (χ0) is 9.84. The van der Waals surface area contributed by atoms with Gasteiger partial charge in [0.1, 0.15) is 0 Å². The minimum absolute atomic E-state index is 0.